The number of rotatable bonds is 3. The molecule has 5 heteroatoms. The SMILES string of the molecule is Fc1ccc(CNc2cc(Cl)ccc2Cl)cc1Cl. The average molecular weight is 305 g/mol. The zero-order valence-corrected chi connectivity index (χ0v) is 11.5. The maximum Gasteiger partial charge on any atom is 0.141 e. The van der Waals surface area contributed by atoms with E-state index in [1.54, 1.807) is 30.3 Å². The van der Waals surface area contributed by atoms with Crippen LogP contribution in [0.15, 0.2) is 36.4 Å². The lowest BCUT2D eigenvalue weighted by Crippen LogP contribution is -2.00. The summed E-state index contributed by atoms with van der Waals surface area (Å²) in [6.45, 7) is 0.486. The maximum atomic E-state index is 13.0. The molecule has 0 aliphatic heterocycles. The first-order valence-electron chi connectivity index (χ1n) is 5.19. The highest BCUT2D eigenvalue weighted by Crippen LogP contribution is 2.26. The summed E-state index contributed by atoms with van der Waals surface area (Å²) >= 11 is 17.6. The van der Waals surface area contributed by atoms with Gasteiger partial charge in [-0.05, 0) is 35.9 Å². The molecular weight excluding hydrogens is 296 g/mol. The molecule has 0 unspecified atom stereocenters. The van der Waals surface area contributed by atoms with Gasteiger partial charge in [-0.15, -0.1) is 0 Å². The van der Waals surface area contributed by atoms with Gasteiger partial charge in [0.05, 0.1) is 15.7 Å². The second-order valence-corrected chi connectivity index (χ2v) is 4.98. The number of hydrogen-bond donors (Lipinski definition) is 1. The zero-order chi connectivity index (χ0) is 13.1. The molecule has 0 aliphatic rings. The highest BCUT2D eigenvalue weighted by atomic mass is 35.5. The summed E-state index contributed by atoms with van der Waals surface area (Å²) in [5.74, 6) is -0.429. The molecular formula is C13H9Cl3FN. The second-order valence-electron chi connectivity index (χ2n) is 3.73. The van der Waals surface area contributed by atoms with Crippen LogP contribution in [-0.4, -0.2) is 0 Å². The third kappa shape index (κ3) is 3.29. The number of halogens is 4. The molecule has 0 bridgehead atoms. The summed E-state index contributed by atoms with van der Waals surface area (Å²) in [4.78, 5) is 0. The van der Waals surface area contributed by atoms with Gasteiger partial charge in [0.2, 0.25) is 0 Å². The summed E-state index contributed by atoms with van der Waals surface area (Å²) in [6.07, 6.45) is 0. The fraction of sp³-hybridized carbons (Fsp3) is 0.0769. The Morgan fingerprint density at radius 3 is 2.44 bits per heavy atom. The Labute approximate surface area is 119 Å². The van der Waals surface area contributed by atoms with Crippen LogP contribution in [0.25, 0.3) is 0 Å². The number of benzene rings is 2. The topological polar surface area (TPSA) is 12.0 Å². The summed E-state index contributed by atoms with van der Waals surface area (Å²) < 4.78 is 13.0. The van der Waals surface area contributed by atoms with E-state index in [9.17, 15) is 4.39 Å². The number of anilines is 1. The lowest BCUT2D eigenvalue weighted by atomic mass is 10.2. The Hall–Kier alpha value is -0.960. The van der Waals surface area contributed by atoms with Gasteiger partial charge >= 0.3 is 0 Å². The molecule has 2 rings (SSSR count). The molecule has 2 aromatic rings. The largest absolute Gasteiger partial charge is 0.380 e. The molecule has 0 aromatic heterocycles. The van der Waals surface area contributed by atoms with Crippen LogP contribution in [0.5, 0.6) is 0 Å². The molecule has 94 valence electrons. The fourth-order valence-electron chi connectivity index (χ4n) is 1.48. The molecule has 0 atom stereocenters. The standard InChI is InChI=1S/C13H9Cl3FN/c14-9-2-3-10(15)13(6-9)18-7-8-1-4-12(17)11(16)5-8/h1-6,18H,7H2. The first-order chi connectivity index (χ1) is 8.56. The van der Waals surface area contributed by atoms with E-state index in [1.165, 1.54) is 6.07 Å². The Morgan fingerprint density at radius 2 is 1.72 bits per heavy atom. The van der Waals surface area contributed by atoms with Crippen LogP contribution in [0, 0.1) is 5.82 Å². The van der Waals surface area contributed by atoms with Gasteiger partial charge in [0, 0.05) is 11.6 Å². The van der Waals surface area contributed by atoms with Crippen molar-refractivity contribution in [1.29, 1.82) is 0 Å². The van der Waals surface area contributed by atoms with Crippen LogP contribution >= 0.6 is 34.8 Å². The molecule has 0 spiro atoms. The van der Waals surface area contributed by atoms with Gasteiger partial charge in [-0.25, -0.2) is 4.39 Å². The monoisotopic (exact) mass is 303 g/mol. The minimum Gasteiger partial charge on any atom is -0.380 e. The second kappa shape index (κ2) is 5.79. The zero-order valence-electron chi connectivity index (χ0n) is 9.18. The lowest BCUT2D eigenvalue weighted by Gasteiger charge is -2.09. The van der Waals surface area contributed by atoms with Crippen LogP contribution in [0.2, 0.25) is 15.1 Å². The van der Waals surface area contributed by atoms with Gasteiger partial charge in [-0.1, -0.05) is 40.9 Å². The third-order valence-electron chi connectivity index (χ3n) is 2.40. The molecule has 0 heterocycles. The van der Waals surface area contributed by atoms with Crippen molar-refractivity contribution in [3.63, 3.8) is 0 Å². The van der Waals surface area contributed by atoms with Crippen molar-refractivity contribution >= 4 is 40.5 Å². The predicted molar refractivity (Wildman–Crippen MR) is 75.2 cm³/mol. The van der Waals surface area contributed by atoms with Crippen molar-refractivity contribution in [3.05, 3.63) is 62.8 Å². The van der Waals surface area contributed by atoms with Crippen molar-refractivity contribution in [2.75, 3.05) is 5.32 Å². The highest BCUT2D eigenvalue weighted by molar-refractivity contribution is 6.35. The van der Waals surface area contributed by atoms with Gasteiger partial charge in [0.1, 0.15) is 5.82 Å². The van der Waals surface area contributed by atoms with Crippen LogP contribution in [0.3, 0.4) is 0 Å². The van der Waals surface area contributed by atoms with Crippen molar-refractivity contribution in [2.45, 2.75) is 6.54 Å². The maximum absolute atomic E-state index is 13.0. The van der Waals surface area contributed by atoms with Crippen LogP contribution < -0.4 is 5.32 Å². The average Bonchev–Trinajstić information content (AvgIpc) is 2.34. The minimum atomic E-state index is -0.429. The molecule has 1 N–H and O–H groups in total. The van der Waals surface area contributed by atoms with Gasteiger partial charge in [0.25, 0.3) is 0 Å². The van der Waals surface area contributed by atoms with E-state index in [1.807, 2.05) is 0 Å². The van der Waals surface area contributed by atoms with Gasteiger partial charge in [-0.2, -0.15) is 0 Å². The minimum absolute atomic E-state index is 0.103. The molecule has 0 saturated carbocycles. The van der Waals surface area contributed by atoms with E-state index in [-0.39, 0.29) is 5.02 Å². The lowest BCUT2D eigenvalue weighted by molar-refractivity contribution is 0.627. The van der Waals surface area contributed by atoms with E-state index in [2.05, 4.69) is 5.32 Å². The van der Waals surface area contributed by atoms with E-state index < -0.39 is 5.82 Å². The highest BCUT2D eigenvalue weighted by Gasteiger charge is 2.03. The first kappa shape index (κ1) is 13.5. The summed E-state index contributed by atoms with van der Waals surface area (Å²) in [7, 11) is 0. The molecule has 0 amide bonds. The van der Waals surface area contributed by atoms with Crippen molar-refractivity contribution in [2.24, 2.45) is 0 Å². The van der Waals surface area contributed by atoms with Gasteiger partial charge < -0.3 is 5.32 Å². The van der Waals surface area contributed by atoms with E-state index in [0.717, 1.165) is 11.3 Å². The quantitative estimate of drug-likeness (QED) is 0.800. The van der Waals surface area contributed by atoms with Crippen molar-refractivity contribution in [1.82, 2.24) is 0 Å². The summed E-state index contributed by atoms with van der Waals surface area (Å²) in [5.41, 5.74) is 1.59. The molecule has 18 heavy (non-hydrogen) atoms. The van der Waals surface area contributed by atoms with Gasteiger partial charge in [-0.3, -0.25) is 0 Å². The van der Waals surface area contributed by atoms with Crippen molar-refractivity contribution < 1.29 is 4.39 Å². The van der Waals surface area contributed by atoms with Gasteiger partial charge in [0.15, 0.2) is 0 Å². The Bertz CT molecular complexity index is 572. The molecule has 1 nitrogen and oxygen atoms in total. The van der Waals surface area contributed by atoms with E-state index in [0.29, 0.717) is 16.6 Å². The number of hydrogen-bond acceptors (Lipinski definition) is 1. The van der Waals surface area contributed by atoms with Crippen LogP contribution in [0.4, 0.5) is 10.1 Å². The predicted octanol–water partition coefficient (Wildman–Crippen LogP) is 5.40. The van der Waals surface area contributed by atoms with Crippen molar-refractivity contribution in [3.8, 4) is 0 Å². The smallest absolute Gasteiger partial charge is 0.141 e. The fourth-order valence-corrected chi connectivity index (χ4v) is 2.04. The Kier molecular flexibility index (Phi) is 4.33. The normalized spacial score (nSPS) is 10.4. The van der Waals surface area contributed by atoms with Crippen LogP contribution in [0.1, 0.15) is 5.56 Å². The summed E-state index contributed by atoms with van der Waals surface area (Å²) in [5, 5.41) is 4.40. The Balaban J connectivity index is 2.11. The number of nitrogens with one attached hydrogen (secondary N) is 1. The van der Waals surface area contributed by atoms with E-state index >= 15 is 0 Å². The molecule has 0 aliphatic carbocycles. The van der Waals surface area contributed by atoms with Crippen LogP contribution in [-0.2, 0) is 6.54 Å². The molecule has 2 aromatic carbocycles. The third-order valence-corrected chi connectivity index (χ3v) is 3.25. The molecule has 0 fully saturated rings. The van der Waals surface area contributed by atoms with E-state index in [4.69, 9.17) is 34.8 Å². The molecule has 0 saturated heterocycles. The first-order valence-corrected chi connectivity index (χ1v) is 6.32. The Morgan fingerprint density at radius 1 is 0.944 bits per heavy atom. The summed E-state index contributed by atoms with van der Waals surface area (Å²) in [6, 6.07) is 9.72. The molecule has 0 radical (unpaired) electrons.